The van der Waals surface area contributed by atoms with E-state index in [0.717, 1.165) is 46.0 Å². The zero-order valence-corrected chi connectivity index (χ0v) is 17.4. The Labute approximate surface area is 175 Å². The highest BCUT2D eigenvalue weighted by Gasteiger charge is 2.42. The van der Waals surface area contributed by atoms with E-state index in [-0.39, 0.29) is 22.9 Å². The van der Waals surface area contributed by atoms with Crippen molar-refractivity contribution in [2.45, 2.75) is 39.5 Å². The Kier molecular flexibility index (Phi) is 4.17. The minimum absolute atomic E-state index is 0.111. The van der Waals surface area contributed by atoms with Crippen LogP contribution >= 0.6 is 0 Å². The van der Waals surface area contributed by atoms with Crippen LogP contribution in [0.3, 0.4) is 0 Å². The van der Waals surface area contributed by atoms with E-state index >= 15 is 0 Å². The highest BCUT2D eigenvalue weighted by Crippen LogP contribution is 2.50. The smallest absolute Gasteiger partial charge is 0.162 e. The summed E-state index contributed by atoms with van der Waals surface area (Å²) in [5.41, 5.74) is 5.35. The molecule has 1 aliphatic heterocycles. The number of para-hydroxylation sites is 1. The van der Waals surface area contributed by atoms with Gasteiger partial charge in [0.2, 0.25) is 0 Å². The van der Waals surface area contributed by atoms with Crippen LogP contribution in [0.1, 0.15) is 49.4 Å². The number of allylic oxidation sites excluding steroid dienone is 2. The first-order chi connectivity index (χ1) is 14.3. The van der Waals surface area contributed by atoms with Crippen LogP contribution in [0.5, 0.6) is 0 Å². The monoisotopic (exact) mass is 401 g/mol. The van der Waals surface area contributed by atoms with Crippen LogP contribution in [0.2, 0.25) is 0 Å². The minimum Gasteiger partial charge on any atom is -0.343 e. The number of hydrogen-bond donors (Lipinski definition) is 1. The van der Waals surface area contributed by atoms with Crippen molar-refractivity contribution in [2.24, 2.45) is 5.41 Å². The molecule has 1 aromatic heterocycles. The molecule has 30 heavy (non-hydrogen) atoms. The van der Waals surface area contributed by atoms with Crippen molar-refractivity contribution in [3.05, 3.63) is 88.5 Å². The van der Waals surface area contributed by atoms with Gasteiger partial charge in [0.1, 0.15) is 11.6 Å². The Morgan fingerprint density at radius 2 is 1.77 bits per heavy atom. The maximum absolute atomic E-state index is 13.7. The Hall–Kier alpha value is -3.21. The number of aromatic nitrogens is 2. The topological polar surface area (TPSA) is 46.9 Å². The second-order valence-electron chi connectivity index (χ2n) is 9.04. The summed E-state index contributed by atoms with van der Waals surface area (Å²) in [4.78, 5) is 13.3. The highest BCUT2D eigenvalue weighted by atomic mass is 19.1. The molecule has 152 valence electrons. The summed E-state index contributed by atoms with van der Waals surface area (Å²) in [6.45, 7) is 6.22. The third kappa shape index (κ3) is 2.96. The van der Waals surface area contributed by atoms with Crippen molar-refractivity contribution in [2.75, 3.05) is 5.32 Å². The summed E-state index contributed by atoms with van der Waals surface area (Å²) in [5.74, 6) is 0.505. The average Bonchev–Trinajstić information content (AvgIpc) is 3.03. The zero-order chi connectivity index (χ0) is 21.0. The number of nitrogens with zero attached hydrogens (tertiary/aromatic N) is 2. The zero-order valence-electron chi connectivity index (χ0n) is 17.4. The number of carbonyl (C=O) groups excluding carboxylic acids is 1. The maximum atomic E-state index is 13.7. The average molecular weight is 401 g/mol. The fourth-order valence-corrected chi connectivity index (χ4v) is 4.82. The summed E-state index contributed by atoms with van der Waals surface area (Å²) in [7, 11) is 0. The molecule has 0 amide bonds. The third-order valence-electron chi connectivity index (χ3n) is 6.08. The first-order valence-corrected chi connectivity index (χ1v) is 10.3. The van der Waals surface area contributed by atoms with Gasteiger partial charge in [-0.15, -0.1) is 0 Å². The Bertz CT molecular complexity index is 1170. The fraction of sp³-hybridized carbons (Fsp3) is 0.280. The summed E-state index contributed by atoms with van der Waals surface area (Å²) in [6, 6.07) is 16.5. The van der Waals surface area contributed by atoms with Gasteiger partial charge in [-0.05, 0) is 48.6 Å². The number of rotatable bonds is 2. The van der Waals surface area contributed by atoms with Crippen molar-refractivity contribution in [1.82, 2.24) is 9.78 Å². The number of anilines is 1. The van der Waals surface area contributed by atoms with E-state index in [9.17, 15) is 9.18 Å². The lowest BCUT2D eigenvalue weighted by Gasteiger charge is -2.38. The van der Waals surface area contributed by atoms with E-state index in [1.807, 2.05) is 41.9 Å². The predicted octanol–water partition coefficient (Wildman–Crippen LogP) is 5.52. The molecule has 5 rings (SSSR count). The van der Waals surface area contributed by atoms with Gasteiger partial charge in [0.15, 0.2) is 5.78 Å². The number of nitrogens with one attached hydrogen (secondary N) is 1. The second-order valence-corrected chi connectivity index (χ2v) is 9.04. The van der Waals surface area contributed by atoms with Crippen LogP contribution in [0.15, 0.2) is 65.9 Å². The van der Waals surface area contributed by atoms with Gasteiger partial charge in [0.05, 0.1) is 11.4 Å². The molecule has 1 aliphatic carbocycles. The molecule has 3 aromatic rings. The SMILES string of the molecule is Cc1nn(-c2ccccc2)c2c1[C@@H](c1ccc(F)cc1)C1=C(CC(C)(C)CC1=O)N2. The quantitative estimate of drug-likeness (QED) is 0.615. The predicted molar refractivity (Wildman–Crippen MR) is 115 cm³/mol. The largest absolute Gasteiger partial charge is 0.343 e. The van der Waals surface area contributed by atoms with Crippen molar-refractivity contribution >= 4 is 11.6 Å². The summed E-state index contributed by atoms with van der Waals surface area (Å²) >= 11 is 0. The molecule has 0 radical (unpaired) electrons. The van der Waals surface area contributed by atoms with Crippen molar-refractivity contribution < 1.29 is 9.18 Å². The Morgan fingerprint density at radius 1 is 1.07 bits per heavy atom. The van der Waals surface area contributed by atoms with Crippen molar-refractivity contribution in [3.63, 3.8) is 0 Å². The standard InChI is InChI=1S/C25H24FN3O/c1-15-21-22(16-9-11-17(26)12-10-16)23-19(13-25(2,3)14-20(23)30)27-24(21)29(28-15)18-7-5-4-6-8-18/h4-12,22,27H,13-14H2,1-3H3/t22-/m1/s1. The molecule has 2 heterocycles. The number of carbonyl (C=O) groups is 1. The summed E-state index contributed by atoms with van der Waals surface area (Å²) in [5, 5.41) is 8.39. The lowest BCUT2D eigenvalue weighted by atomic mass is 9.69. The summed E-state index contributed by atoms with van der Waals surface area (Å²) < 4.78 is 15.6. The van der Waals surface area contributed by atoms with Gasteiger partial charge >= 0.3 is 0 Å². The Balaban J connectivity index is 1.76. The normalized spacial score (nSPS) is 19.9. The van der Waals surface area contributed by atoms with Crippen LogP contribution < -0.4 is 5.32 Å². The maximum Gasteiger partial charge on any atom is 0.162 e. The van der Waals surface area contributed by atoms with E-state index in [1.54, 1.807) is 12.1 Å². The number of fused-ring (bicyclic) bond motifs is 1. The second kappa shape index (κ2) is 6.66. The van der Waals surface area contributed by atoms with E-state index < -0.39 is 0 Å². The van der Waals surface area contributed by atoms with Gasteiger partial charge < -0.3 is 5.32 Å². The molecule has 5 heteroatoms. The van der Waals surface area contributed by atoms with Gasteiger partial charge in [0, 0.05) is 29.2 Å². The number of hydrogen-bond acceptors (Lipinski definition) is 3. The number of Topliss-reactive ketones (excluding diaryl/α,β-unsaturated/α-hetero) is 1. The van der Waals surface area contributed by atoms with E-state index in [4.69, 9.17) is 5.10 Å². The van der Waals surface area contributed by atoms with Crippen LogP contribution in [-0.2, 0) is 4.79 Å². The molecule has 2 aromatic carbocycles. The molecule has 0 fully saturated rings. The van der Waals surface area contributed by atoms with E-state index in [2.05, 4.69) is 19.2 Å². The van der Waals surface area contributed by atoms with Gasteiger partial charge in [-0.2, -0.15) is 5.10 Å². The minimum atomic E-state index is -0.282. The van der Waals surface area contributed by atoms with Crippen molar-refractivity contribution in [1.29, 1.82) is 0 Å². The molecule has 2 aliphatic rings. The molecule has 1 atom stereocenters. The fourth-order valence-electron chi connectivity index (χ4n) is 4.82. The molecule has 0 bridgehead atoms. The van der Waals surface area contributed by atoms with Gasteiger partial charge in [-0.3, -0.25) is 4.79 Å². The molecular weight excluding hydrogens is 377 g/mol. The number of aryl methyl sites for hydroxylation is 1. The first kappa shape index (κ1) is 18.8. The van der Waals surface area contributed by atoms with Gasteiger partial charge in [0.25, 0.3) is 0 Å². The molecule has 1 N–H and O–H groups in total. The lowest BCUT2D eigenvalue weighted by molar-refractivity contribution is -0.118. The van der Waals surface area contributed by atoms with E-state index in [1.165, 1.54) is 12.1 Å². The van der Waals surface area contributed by atoms with Crippen LogP contribution in [0.4, 0.5) is 10.2 Å². The van der Waals surface area contributed by atoms with E-state index in [0.29, 0.717) is 6.42 Å². The lowest BCUT2D eigenvalue weighted by Crippen LogP contribution is -2.34. The molecule has 0 spiro atoms. The molecular formula is C25H24FN3O. The van der Waals surface area contributed by atoms with Crippen molar-refractivity contribution in [3.8, 4) is 5.69 Å². The van der Waals surface area contributed by atoms with Gasteiger partial charge in [-0.1, -0.05) is 44.2 Å². The Morgan fingerprint density at radius 3 is 2.47 bits per heavy atom. The number of benzene rings is 2. The first-order valence-electron chi connectivity index (χ1n) is 10.3. The molecule has 0 unspecified atom stereocenters. The molecule has 0 saturated carbocycles. The van der Waals surface area contributed by atoms with Gasteiger partial charge in [-0.25, -0.2) is 9.07 Å². The van der Waals surface area contributed by atoms with Crippen LogP contribution in [0, 0.1) is 18.2 Å². The third-order valence-corrected chi connectivity index (χ3v) is 6.08. The number of ketones is 1. The molecule has 0 saturated heterocycles. The summed E-state index contributed by atoms with van der Waals surface area (Å²) in [6.07, 6.45) is 1.29. The highest BCUT2D eigenvalue weighted by molar-refractivity contribution is 6.01. The van der Waals surface area contributed by atoms with Crippen LogP contribution in [0.25, 0.3) is 5.69 Å². The van der Waals surface area contributed by atoms with Crippen LogP contribution in [-0.4, -0.2) is 15.6 Å². The molecule has 4 nitrogen and oxygen atoms in total. The number of halogens is 1.